The number of methoxy groups -OCH3 is 1. The molecule has 0 aromatic heterocycles. The topological polar surface area (TPSA) is 24.5 Å². The number of ether oxygens (including phenoxy) is 1. The Kier molecular flexibility index (Phi) is 3.57. The fraction of sp³-hybridized carbons (Fsp3) is 1.00. The Morgan fingerprint density at radius 1 is 1.25 bits per heavy atom. The quantitative estimate of drug-likeness (QED) is 0.736. The highest BCUT2D eigenvalue weighted by atomic mass is 16.5. The molecule has 2 rings (SSSR count). The molecule has 2 fully saturated rings. The molecule has 0 aromatic carbocycles. The third kappa shape index (κ3) is 2.58. The molecule has 0 amide bonds. The van der Waals surface area contributed by atoms with Crippen LogP contribution in [-0.2, 0) is 4.74 Å². The average molecular weight is 226 g/mol. The molecule has 2 saturated heterocycles. The number of likely N-dealkylation sites (tertiary alicyclic amines) is 1. The van der Waals surface area contributed by atoms with E-state index in [9.17, 15) is 0 Å². The van der Waals surface area contributed by atoms with Crippen LogP contribution in [0, 0.1) is 11.8 Å². The SMILES string of the molecule is COC1CC2CN(C(C)(C)C)CCC2CN1. The van der Waals surface area contributed by atoms with Gasteiger partial charge in [0.2, 0.25) is 0 Å². The number of hydrogen-bond donors (Lipinski definition) is 1. The zero-order chi connectivity index (χ0) is 11.8. The van der Waals surface area contributed by atoms with Gasteiger partial charge in [0.25, 0.3) is 0 Å². The smallest absolute Gasteiger partial charge is 0.108 e. The van der Waals surface area contributed by atoms with Crippen molar-refractivity contribution in [2.24, 2.45) is 11.8 Å². The molecule has 2 aliphatic heterocycles. The molecule has 2 aliphatic rings. The van der Waals surface area contributed by atoms with Gasteiger partial charge in [0, 0.05) is 25.7 Å². The number of piperidine rings is 2. The first-order chi connectivity index (χ1) is 7.50. The summed E-state index contributed by atoms with van der Waals surface area (Å²) < 4.78 is 5.43. The molecule has 3 nitrogen and oxygen atoms in total. The maximum absolute atomic E-state index is 5.43. The minimum absolute atomic E-state index is 0.279. The lowest BCUT2D eigenvalue weighted by atomic mass is 9.79. The molecule has 94 valence electrons. The van der Waals surface area contributed by atoms with E-state index in [1.165, 1.54) is 25.9 Å². The second-order valence-corrected chi connectivity index (χ2v) is 6.29. The van der Waals surface area contributed by atoms with Gasteiger partial charge in [-0.05, 0) is 52.0 Å². The minimum atomic E-state index is 0.279. The van der Waals surface area contributed by atoms with Crippen LogP contribution in [-0.4, -0.2) is 43.4 Å². The Morgan fingerprint density at radius 3 is 2.62 bits per heavy atom. The first-order valence-electron chi connectivity index (χ1n) is 6.52. The van der Waals surface area contributed by atoms with E-state index in [0.717, 1.165) is 18.4 Å². The van der Waals surface area contributed by atoms with Gasteiger partial charge in [-0.15, -0.1) is 0 Å². The summed E-state index contributed by atoms with van der Waals surface area (Å²) in [6, 6.07) is 0. The molecule has 0 saturated carbocycles. The van der Waals surface area contributed by atoms with Gasteiger partial charge < -0.3 is 4.74 Å². The molecule has 0 aliphatic carbocycles. The molecule has 16 heavy (non-hydrogen) atoms. The summed E-state index contributed by atoms with van der Waals surface area (Å²) in [5.41, 5.74) is 0.318. The Morgan fingerprint density at radius 2 is 2.00 bits per heavy atom. The van der Waals surface area contributed by atoms with E-state index in [1.54, 1.807) is 0 Å². The Bertz CT molecular complexity index is 237. The Labute approximate surface area is 99.5 Å². The molecule has 0 aromatic rings. The summed E-state index contributed by atoms with van der Waals surface area (Å²) in [5.74, 6) is 1.68. The monoisotopic (exact) mass is 226 g/mol. The van der Waals surface area contributed by atoms with Gasteiger partial charge in [0.15, 0.2) is 0 Å². The lowest BCUT2D eigenvalue weighted by molar-refractivity contribution is -0.0318. The van der Waals surface area contributed by atoms with E-state index in [-0.39, 0.29) is 6.23 Å². The largest absolute Gasteiger partial charge is 0.367 e. The standard InChI is InChI=1S/C13H26N2O/c1-13(2,3)15-6-5-10-8-14-12(16-4)7-11(10)9-15/h10-12,14H,5-9H2,1-4H3. The third-order valence-electron chi connectivity index (χ3n) is 4.25. The molecule has 3 unspecified atom stereocenters. The van der Waals surface area contributed by atoms with E-state index in [2.05, 4.69) is 31.0 Å². The zero-order valence-corrected chi connectivity index (χ0v) is 11.1. The highest BCUT2D eigenvalue weighted by molar-refractivity contribution is 4.90. The lowest BCUT2D eigenvalue weighted by Crippen LogP contribution is -2.55. The van der Waals surface area contributed by atoms with Crippen LogP contribution in [0.5, 0.6) is 0 Å². The summed E-state index contributed by atoms with van der Waals surface area (Å²) in [4.78, 5) is 2.63. The van der Waals surface area contributed by atoms with Crippen molar-refractivity contribution in [1.82, 2.24) is 10.2 Å². The zero-order valence-electron chi connectivity index (χ0n) is 11.1. The van der Waals surface area contributed by atoms with Crippen LogP contribution >= 0.6 is 0 Å². The second-order valence-electron chi connectivity index (χ2n) is 6.29. The highest BCUT2D eigenvalue weighted by Gasteiger charge is 2.37. The summed E-state index contributed by atoms with van der Waals surface area (Å²) in [6.07, 6.45) is 2.79. The number of rotatable bonds is 1. The second kappa shape index (κ2) is 4.63. The maximum atomic E-state index is 5.43. The Hall–Kier alpha value is -0.120. The van der Waals surface area contributed by atoms with E-state index < -0.39 is 0 Å². The van der Waals surface area contributed by atoms with Crippen LogP contribution in [0.3, 0.4) is 0 Å². The fourth-order valence-corrected chi connectivity index (χ4v) is 3.05. The number of nitrogens with one attached hydrogen (secondary N) is 1. The van der Waals surface area contributed by atoms with Crippen LogP contribution in [0.15, 0.2) is 0 Å². The van der Waals surface area contributed by atoms with Gasteiger partial charge in [0.05, 0.1) is 0 Å². The normalized spacial score (nSPS) is 37.1. The fourth-order valence-electron chi connectivity index (χ4n) is 3.05. The molecule has 0 bridgehead atoms. The lowest BCUT2D eigenvalue weighted by Gasteiger charge is -2.48. The first-order valence-corrected chi connectivity index (χ1v) is 6.52. The highest BCUT2D eigenvalue weighted by Crippen LogP contribution is 2.33. The summed E-state index contributed by atoms with van der Waals surface area (Å²) in [6.45, 7) is 10.6. The average Bonchev–Trinajstić information content (AvgIpc) is 2.26. The van der Waals surface area contributed by atoms with Crippen molar-refractivity contribution < 1.29 is 4.74 Å². The summed E-state index contributed by atoms with van der Waals surface area (Å²) >= 11 is 0. The van der Waals surface area contributed by atoms with Crippen LogP contribution in [0.25, 0.3) is 0 Å². The predicted octanol–water partition coefficient (Wildman–Crippen LogP) is 1.69. The van der Waals surface area contributed by atoms with E-state index in [4.69, 9.17) is 4.74 Å². The van der Waals surface area contributed by atoms with Crippen LogP contribution < -0.4 is 5.32 Å². The summed E-state index contributed by atoms with van der Waals surface area (Å²) in [5, 5.41) is 3.48. The van der Waals surface area contributed by atoms with Gasteiger partial charge in [0.1, 0.15) is 6.23 Å². The molecule has 1 N–H and O–H groups in total. The predicted molar refractivity (Wildman–Crippen MR) is 66.3 cm³/mol. The van der Waals surface area contributed by atoms with Crippen molar-refractivity contribution in [2.45, 2.75) is 45.4 Å². The van der Waals surface area contributed by atoms with Gasteiger partial charge in [-0.3, -0.25) is 10.2 Å². The third-order valence-corrected chi connectivity index (χ3v) is 4.25. The maximum Gasteiger partial charge on any atom is 0.108 e. The van der Waals surface area contributed by atoms with Gasteiger partial charge in [-0.1, -0.05) is 0 Å². The molecule has 3 atom stereocenters. The number of fused-ring (bicyclic) bond motifs is 1. The molecular formula is C13H26N2O. The van der Waals surface area contributed by atoms with Crippen LogP contribution in [0.2, 0.25) is 0 Å². The molecular weight excluding hydrogens is 200 g/mol. The number of nitrogens with zero attached hydrogens (tertiary/aromatic N) is 1. The van der Waals surface area contributed by atoms with Crippen molar-refractivity contribution in [3.05, 3.63) is 0 Å². The van der Waals surface area contributed by atoms with Crippen molar-refractivity contribution in [2.75, 3.05) is 26.7 Å². The summed E-state index contributed by atoms with van der Waals surface area (Å²) in [7, 11) is 1.81. The van der Waals surface area contributed by atoms with Gasteiger partial charge in [-0.25, -0.2) is 0 Å². The number of hydrogen-bond acceptors (Lipinski definition) is 3. The Balaban J connectivity index is 1.96. The van der Waals surface area contributed by atoms with E-state index in [0.29, 0.717) is 5.54 Å². The van der Waals surface area contributed by atoms with Crippen LogP contribution in [0.1, 0.15) is 33.6 Å². The van der Waals surface area contributed by atoms with Crippen molar-refractivity contribution in [1.29, 1.82) is 0 Å². The van der Waals surface area contributed by atoms with Crippen molar-refractivity contribution in [3.63, 3.8) is 0 Å². The molecule has 0 spiro atoms. The van der Waals surface area contributed by atoms with Crippen molar-refractivity contribution in [3.8, 4) is 0 Å². The van der Waals surface area contributed by atoms with Crippen molar-refractivity contribution >= 4 is 0 Å². The van der Waals surface area contributed by atoms with Crippen LogP contribution in [0.4, 0.5) is 0 Å². The van der Waals surface area contributed by atoms with E-state index >= 15 is 0 Å². The minimum Gasteiger partial charge on any atom is -0.367 e. The molecule has 2 heterocycles. The van der Waals surface area contributed by atoms with Gasteiger partial charge in [-0.2, -0.15) is 0 Å². The van der Waals surface area contributed by atoms with E-state index in [1.807, 2.05) is 7.11 Å². The molecule has 3 heteroatoms. The molecule has 0 radical (unpaired) electrons. The van der Waals surface area contributed by atoms with Gasteiger partial charge >= 0.3 is 0 Å². The first kappa shape index (κ1) is 12.3.